The molecule has 3 N–H and O–H groups in total. The van der Waals surface area contributed by atoms with Crippen molar-refractivity contribution in [1.29, 1.82) is 0 Å². The highest BCUT2D eigenvalue weighted by Gasteiger charge is 1.86. The van der Waals surface area contributed by atoms with Gasteiger partial charge in [-0.15, -0.1) is 0 Å². The van der Waals surface area contributed by atoms with Crippen molar-refractivity contribution < 1.29 is 24.9 Å². The first-order valence-corrected chi connectivity index (χ1v) is 5.46. The Morgan fingerprint density at radius 2 is 1.67 bits per heavy atom. The average molecular weight is 254 g/mol. The minimum Gasteiger partial charge on any atom is -0.478 e. The molecule has 0 amide bonds. The number of rotatable bonds is 6. The van der Waals surface area contributed by atoms with Crippen molar-refractivity contribution >= 4 is 12.0 Å². The quantitative estimate of drug-likeness (QED) is 0.515. The van der Waals surface area contributed by atoms with E-state index in [1.165, 1.54) is 0 Å². The number of aliphatic hydroxyl groups is 2. The number of benzene rings is 1. The fourth-order valence-electron chi connectivity index (χ4n) is 0.963. The third-order valence-electron chi connectivity index (χ3n) is 1.69. The van der Waals surface area contributed by atoms with Gasteiger partial charge in [0, 0.05) is 6.08 Å². The summed E-state index contributed by atoms with van der Waals surface area (Å²) in [5.41, 5.74) is 0.898. The van der Waals surface area contributed by atoms with E-state index in [9.17, 15) is 4.79 Å². The number of hydrogen-bond donors (Lipinski definition) is 3. The molecule has 0 saturated heterocycles. The second-order valence-corrected chi connectivity index (χ2v) is 3.14. The van der Waals surface area contributed by atoms with E-state index in [1.807, 2.05) is 30.3 Å². The molecule has 18 heavy (non-hydrogen) atoms. The molecule has 0 atom stereocenters. The number of hydrogen-bond acceptors (Lipinski definition) is 4. The maximum absolute atomic E-state index is 10.1. The topological polar surface area (TPSA) is 87.0 Å². The van der Waals surface area contributed by atoms with Crippen molar-refractivity contribution in [3.63, 3.8) is 0 Å². The van der Waals surface area contributed by atoms with E-state index in [0.717, 1.165) is 11.6 Å². The summed E-state index contributed by atoms with van der Waals surface area (Å²) in [5, 5.41) is 24.5. The van der Waals surface area contributed by atoms with Gasteiger partial charge in [0.2, 0.25) is 0 Å². The minimum absolute atomic E-state index is 0.0278. The maximum atomic E-state index is 10.1. The Bertz CT molecular complexity index is 330. The van der Waals surface area contributed by atoms with Gasteiger partial charge in [-0.1, -0.05) is 30.3 Å². The zero-order valence-corrected chi connectivity index (χ0v) is 10.0. The molecule has 0 unspecified atom stereocenters. The van der Waals surface area contributed by atoms with Gasteiger partial charge in [0.15, 0.2) is 0 Å². The van der Waals surface area contributed by atoms with Crippen LogP contribution < -0.4 is 0 Å². The fraction of sp³-hybridized carbons (Fsp3) is 0.308. The smallest absolute Gasteiger partial charge is 0.328 e. The molecule has 0 fully saturated rings. The van der Waals surface area contributed by atoms with Crippen LogP contribution in [0.15, 0.2) is 36.4 Å². The van der Waals surface area contributed by atoms with E-state index in [1.54, 1.807) is 6.08 Å². The predicted octanol–water partition coefficient (Wildman–Crippen LogP) is 0.772. The molecular formula is C13H18O5. The Labute approximate surface area is 106 Å². The van der Waals surface area contributed by atoms with Crippen molar-refractivity contribution in [1.82, 2.24) is 0 Å². The molecule has 0 radical (unpaired) electrons. The highest BCUT2D eigenvalue weighted by molar-refractivity contribution is 5.85. The Balaban J connectivity index is 0.000000360. The lowest BCUT2D eigenvalue weighted by molar-refractivity contribution is -0.131. The number of aliphatic hydroxyl groups excluding tert-OH is 2. The Morgan fingerprint density at radius 3 is 2.11 bits per heavy atom. The van der Waals surface area contributed by atoms with Gasteiger partial charge >= 0.3 is 5.97 Å². The third-order valence-corrected chi connectivity index (χ3v) is 1.69. The fourth-order valence-corrected chi connectivity index (χ4v) is 0.963. The minimum atomic E-state index is -0.922. The number of ether oxygens (including phenoxy) is 1. The van der Waals surface area contributed by atoms with Crippen molar-refractivity contribution in [3.8, 4) is 0 Å². The Kier molecular flexibility index (Phi) is 10.7. The van der Waals surface area contributed by atoms with Crippen LogP contribution in [-0.4, -0.2) is 47.7 Å². The highest BCUT2D eigenvalue weighted by atomic mass is 16.5. The number of aliphatic carboxylic acids is 1. The average Bonchev–Trinajstić information content (AvgIpc) is 2.39. The number of carboxylic acid groups (broad SMARTS) is 1. The SMILES string of the molecule is O=C(O)C=Cc1ccccc1.OCCOCCO. The van der Waals surface area contributed by atoms with E-state index < -0.39 is 5.97 Å². The van der Waals surface area contributed by atoms with Gasteiger partial charge in [-0.2, -0.15) is 0 Å². The molecule has 0 heterocycles. The van der Waals surface area contributed by atoms with E-state index in [-0.39, 0.29) is 13.2 Å². The predicted molar refractivity (Wildman–Crippen MR) is 68.1 cm³/mol. The third kappa shape index (κ3) is 10.8. The second kappa shape index (κ2) is 11.8. The van der Waals surface area contributed by atoms with E-state index in [4.69, 9.17) is 15.3 Å². The van der Waals surface area contributed by atoms with Crippen LogP contribution in [-0.2, 0) is 9.53 Å². The summed E-state index contributed by atoms with van der Waals surface area (Å²) in [6.07, 6.45) is 2.68. The molecule has 0 saturated carbocycles. The van der Waals surface area contributed by atoms with E-state index >= 15 is 0 Å². The summed E-state index contributed by atoms with van der Waals surface area (Å²) < 4.78 is 4.63. The van der Waals surface area contributed by atoms with Crippen molar-refractivity contribution in [2.45, 2.75) is 0 Å². The van der Waals surface area contributed by atoms with Crippen molar-refractivity contribution in [3.05, 3.63) is 42.0 Å². The molecule has 1 aromatic rings. The normalized spacial score (nSPS) is 9.89. The summed E-state index contributed by atoms with van der Waals surface area (Å²) in [5.74, 6) is -0.922. The largest absolute Gasteiger partial charge is 0.478 e. The lowest BCUT2D eigenvalue weighted by Gasteiger charge is -1.94. The van der Waals surface area contributed by atoms with Crippen molar-refractivity contribution in [2.75, 3.05) is 26.4 Å². The Hall–Kier alpha value is -1.69. The maximum Gasteiger partial charge on any atom is 0.328 e. The first-order valence-electron chi connectivity index (χ1n) is 5.46. The van der Waals surface area contributed by atoms with Crippen LogP contribution in [0.2, 0.25) is 0 Å². The first-order chi connectivity index (χ1) is 8.70. The van der Waals surface area contributed by atoms with Gasteiger partial charge in [0.1, 0.15) is 0 Å². The molecule has 5 nitrogen and oxygen atoms in total. The standard InChI is InChI=1S/C9H8O2.C4H10O3/c10-9(11)7-6-8-4-2-1-3-5-8;5-1-3-7-4-2-6/h1-7H,(H,10,11);5-6H,1-4H2. The molecule has 0 aliphatic heterocycles. The van der Waals surface area contributed by atoms with Crippen LogP contribution in [0.1, 0.15) is 5.56 Å². The van der Waals surface area contributed by atoms with Crippen LogP contribution in [0.3, 0.4) is 0 Å². The van der Waals surface area contributed by atoms with Gasteiger partial charge in [-0.25, -0.2) is 4.79 Å². The molecule has 0 spiro atoms. The number of carbonyl (C=O) groups is 1. The van der Waals surface area contributed by atoms with Gasteiger partial charge in [0.25, 0.3) is 0 Å². The summed E-state index contributed by atoms with van der Waals surface area (Å²) in [6, 6.07) is 9.31. The van der Waals surface area contributed by atoms with Gasteiger partial charge in [-0.3, -0.25) is 0 Å². The molecule has 100 valence electrons. The summed E-state index contributed by atoms with van der Waals surface area (Å²) in [4.78, 5) is 10.1. The lowest BCUT2D eigenvalue weighted by Crippen LogP contribution is -2.03. The zero-order valence-electron chi connectivity index (χ0n) is 10.0. The molecule has 0 aliphatic rings. The van der Waals surface area contributed by atoms with Gasteiger partial charge < -0.3 is 20.1 Å². The van der Waals surface area contributed by atoms with Crippen LogP contribution >= 0.6 is 0 Å². The van der Waals surface area contributed by atoms with Crippen LogP contribution in [0.25, 0.3) is 6.08 Å². The molecule has 1 rings (SSSR count). The first kappa shape index (κ1) is 16.3. The van der Waals surface area contributed by atoms with Crippen LogP contribution in [0.5, 0.6) is 0 Å². The van der Waals surface area contributed by atoms with Crippen LogP contribution in [0.4, 0.5) is 0 Å². The summed E-state index contributed by atoms with van der Waals surface area (Å²) in [6.45, 7) is 0.696. The Morgan fingerprint density at radius 1 is 1.11 bits per heavy atom. The lowest BCUT2D eigenvalue weighted by atomic mass is 10.2. The monoisotopic (exact) mass is 254 g/mol. The van der Waals surface area contributed by atoms with Gasteiger partial charge in [-0.05, 0) is 11.6 Å². The van der Waals surface area contributed by atoms with Crippen LogP contribution in [0, 0.1) is 0 Å². The summed E-state index contributed by atoms with van der Waals surface area (Å²) >= 11 is 0. The van der Waals surface area contributed by atoms with Crippen molar-refractivity contribution in [2.24, 2.45) is 0 Å². The van der Waals surface area contributed by atoms with E-state index in [0.29, 0.717) is 13.2 Å². The molecule has 0 bridgehead atoms. The molecule has 0 aromatic heterocycles. The number of carboxylic acids is 1. The molecular weight excluding hydrogens is 236 g/mol. The molecule has 1 aromatic carbocycles. The molecule has 5 heteroatoms. The van der Waals surface area contributed by atoms with E-state index in [2.05, 4.69) is 4.74 Å². The molecule has 0 aliphatic carbocycles. The second-order valence-electron chi connectivity index (χ2n) is 3.14. The summed E-state index contributed by atoms with van der Waals surface area (Å²) in [7, 11) is 0. The highest BCUT2D eigenvalue weighted by Crippen LogP contribution is 1.99. The van der Waals surface area contributed by atoms with Gasteiger partial charge in [0.05, 0.1) is 26.4 Å². The zero-order chi connectivity index (χ0) is 13.6.